The molecule has 1 aliphatic rings. The molecule has 1 aromatic rings. The zero-order valence-corrected chi connectivity index (χ0v) is 16.3. The summed E-state index contributed by atoms with van der Waals surface area (Å²) in [6.07, 6.45) is -4.35. The van der Waals surface area contributed by atoms with Gasteiger partial charge >= 0.3 is 17.4 Å². The van der Waals surface area contributed by atoms with E-state index >= 15 is 0 Å². The number of halogens is 10. The Hall–Kier alpha value is -0.550. The van der Waals surface area contributed by atoms with Gasteiger partial charge in [0.1, 0.15) is 5.82 Å². The lowest BCUT2D eigenvalue weighted by molar-refractivity contribution is -0.330. The van der Waals surface area contributed by atoms with Crippen LogP contribution in [0.15, 0.2) is 45.4 Å². The molecule has 0 fully saturated rings. The molecule has 0 unspecified atom stereocenters. The normalized spacial score (nSPS) is 18.4. The van der Waals surface area contributed by atoms with Crippen LogP contribution in [0.25, 0.3) is 0 Å². The minimum atomic E-state index is -6.48. The fraction of sp³-hybridized carbons (Fsp3) is 0.333. The highest BCUT2D eigenvalue weighted by Crippen LogP contribution is 2.60. The predicted octanol–water partition coefficient (Wildman–Crippen LogP) is 7.51. The predicted molar refractivity (Wildman–Crippen MR) is 90.3 cm³/mol. The lowest BCUT2D eigenvalue weighted by atomic mass is 9.93. The maximum absolute atomic E-state index is 14.2. The highest BCUT2D eigenvalue weighted by Gasteiger charge is 2.74. The van der Waals surface area contributed by atoms with Crippen LogP contribution in [0.4, 0.5) is 35.1 Å². The topological polar surface area (TPSA) is 0 Å². The first-order valence-corrected chi connectivity index (χ1v) is 9.14. The highest BCUT2D eigenvalue weighted by molar-refractivity contribution is 9.12. The Bertz CT molecular complexity index is 736. The van der Waals surface area contributed by atoms with E-state index in [1.165, 1.54) is 12.1 Å². The van der Waals surface area contributed by atoms with Gasteiger partial charge in [0.05, 0.1) is 4.75 Å². The number of hydrogen-bond donors (Lipinski definition) is 0. The quantitative estimate of drug-likeness (QED) is 0.362. The molecule has 0 bridgehead atoms. The Morgan fingerprint density at radius 1 is 0.885 bits per heavy atom. The van der Waals surface area contributed by atoms with E-state index in [0.717, 1.165) is 24.3 Å². The van der Waals surface area contributed by atoms with Crippen molar-refractivity contribution < 1.29 is 35.1 Å². The van der Waals surface area contributed by atoms with E-state index in [9.17, 15) is 35.1 Å². The zero-order valence-electron chi connectivity index (χ0n) is 12.4. The molecule has 0 amide bonds. The van der Waals surface area contributed by atoms with Gasteiger partial charge in [-0.15, -0.1) is 0 Å². The first-order valence-electron chi connectivity index (χ1n) is 6.74. The molecule has 0 saturated heterocycles. The summed E-state index contributed by atoms with van der Waals surface area (Å²) in [4.78, 5) is 0. The summed E-state index contributed by atoms with van der Waals surface area (Å²) in [5, 5.41) is -5.57. The van der Waals surface area contributed by atoms with E-state index in [-0.39, 0.29) is 15.4 Å². The van der Waals surface area contributed by atoms with E-state index in [0.29, 0.717) is 0 Å². The van der Waals surface area contributed by atoms with Gasteiger partial charge in [-0.2, -0.15) is 30.7 Å². The Morgan fingerprint density at radius 2 is 1.38 bits per heavy atom. The van der Waals surface area contributed by atoms with Gasteiger partial charge in [-0.1, -0.05) is 61.8 Å². The summed E-state index contributed by atoms with van der Waals surface area (Å²) in [5.41, 5.74) is -0.476. The fourth-order valence-corrected chi connectivity index (χ4v) is 5.61. The summed E-state index contributed by atoms with van der Waals surface area (Å²) < 4.78 is 105. The van der Waals surface area contributed by atoms with Crippen molar-refractivity contribution in [3.05, 3.63) is 56.8 Å². The van der Waals surface area contributed by atoms with Crippen molar-refractivity contribution in [2.45, 2.75) is 28.5 Å². The van der Waals surface area contributed by atoms with Crippen LogP contribution in [0.1, 0.15) is 12.0 Å². The van der Waals surface area contributed by atoms with Gasteiger partial charge < -0.3 is 0 Å². The van der Waals surface area contributed by atoms with Crippen LogP contribution in [0.3, 0.4) is 0 Å². The van der Waals surface area contributed by atoms with Gasteiger partial charge in [0, 0.05) is 12.0 Å². The molecule has 0 radical (unpaired) electrons. The molecular formula is C15H8Br2F8S. The number of benzene rings is 1. The van der Waals surface area contributed by atoms with Crippen LogP contribution in [0.5, 0.6) is 0 Å². The maximum Gasteiger partial charge on any atom is 0.460 e. The van der Waals surface area contributed by atoms with Gasteiger partial charge in [-0.25, -0.2) is 4.39 Å². The van der Waals surface area contributed by atoms with Crippen molar-refractivity contribution in [3.8, 4) is 0 Å². The minimum Gasteiger partial charge on any atom is -0.207 e. The van der Waals surface area contributed by atoms with Crippen LogP contribution in [-0.4, -0.2) is 17.4 Å². The van der Waals surface area contributed by atoms with Crippen molar-refractivity contribution in [1.82, 2.24) is 0 Å². The van der Waals surface area contributed by atoms with Gasteiger partial charge in [-0.3, -0.25) is 0 Å². The largest absolute Gasteiger partial charge is 0.460 e. The lowest BCUT2D eigenvalue weighted by Gasteiger charge is -2.37. The van der Waals surface area contributed by atoms with Crippen LogP contribution in [0, 0.1) is 5.82 Å². The van der Waals surface area contributed by atoms with E-state index in [2.05, 4.69) is 31.9 Å². The molecule has 0 N–H and O–H groups in total. The second kappa shape index (κ2) is 7.12. The Kier molecular flexibility index (Phi) is 5.96. The van der Waals surface area contributed by atoms with E-state index in [1.807, 2.05) is 0 Å². The molecule has 0 aromatic heterocycles. The number of alkyl halides is 7. The van der Waals surface area contributed by atoms with E-state index in [4.69, 9.17) is 0 Å². The summed E-state index contributed by atoms with van der Waals surface area (Å²) in [6, 6.07) is 4.44. The standard InChI is InChI=1S/C15H8Br2F8S/c16-8-5-9(17)7-12(6-8,10-3-1-2-4-11(10)18)26-15(24,25)13(19,20)14(21,22)23/h1-4,6-7H,5H2. The second-order valence-electron chi connectivity index (χ2n) is 5.32. The molecule has 1 aromatic carbocycles. The Morgan fingerprint density at radius 3 is 1.85 bits per heavy atom. The van der Waals surface area contributed by atoms with Gasteiger partial charge in [0.25, 0.3) is 0 Å². The zero-order chi connectivity index (χ0) is 20.0. The lowest BCUT2D eigenvalue weighted by Crippen LogP contribution is -2.51. The Balaban J connectivity index is 2.65. The number of thioether (sulfide) groups is 1. The van der Waals surface area contributed by atoms with Crippen molar-refractivity contribution in [3.63, 3.8) is 0 Å². The first-order chi connectivity index (χ1) is 11.7. The number of allylic oxidation sites excluding steroid dienone is 2. The first kappa shape index (κ1) is 21.7. The monoisotopic (exact) mass is 530 g/mol. The fourth-order valence-electron chi connectivity index (χ4n) is 2.26. The molecule has 0 aliphatic heterocycles. The second-order valence-corrected chi connectivity index (χ2v) is 8.75. The molecule has 2 rings (SSSR count). The number of hydrogen-bond acceptors (Lipinski definition) is 1. The van der Waals surface area contributed by atoms with Crippen LogP contribution >= 0.6 is 43.6 Å². The van der Waals surface area contributed by atoms with Crippen molar-refractivity contribution >= 4 is 43.6 Å². The summed E-state index contributed by atoms with van der Waals surface area (Å²) >= 11 is 5.07. The molecule has 0 nitrogen and oxygen atoms in total. The van der Waals surface area contributed by atoms with Crippen molar-refractivity contribution in [2.75, 3.05) is 0 Å². The van der Waals surface area contributed by atoms with E-state index in [1.54, 1.807) is 0 Å². The third kappa shape index (κ3) is 3.99. The molecule has 0 atom stereocenters. The molecule has 144 valence electrons. The summed E-state index contributed by atoms with van der Waals surface area (Å²) in [7, 11) is 0. The molecule has 0 saturated carbocycles. The minimum absolute atomic E-state index is 0.151. The SMILES string of the molecule is Fc1ccccc1C1(SC(F)(F)C(F)(F)C(F)(F)F)C=C(Br)CC(Br)=C1. The average molecular weight is 532 g/mol. The average Bonchev–Trinajstić information content (AvgIpc) is 2.44. The van der Waals surface area contributed by atoms with E-state index < -0.39 is 45.2 Å². The van der Waals surface area contributed by atoms with Crippen molar-refractivity contribution in [1.29, 1.82) is 0 Å². The molecule has 0 spiro atoms. The third-order valence-electron chi connectivity index (χ3n) is 3.39. The smallest absolute Gasteiger partial charge is 0.207 e. The maximum atomic E-state index is 14.2. The molecule has 11 heteroatoms. The summed E-state index contributed by atoms with van der Waals surface area (Å²) in [6.45, 7) is 0. The highest BCUT2D eigenvalue weighted by atomic mass is 79.9. The molecule has 0 heterocycles. The van der Waals surface area contributed by atoms with Crippen LogP contribution in [0.2, 0.25) is 0 Å². The molecule has 26 heavy (non-hydrogen) atoms. The van der Waals surface area contributed by atoms with Crippen LogP contribution in [-0.2, 0) is 4.75 Å². The molecule has 1 aliphatic carbocycles. The van der Waals surface area contributed by atoms with Gasteiger partial charge in [0.2, 0.25) is 0 Å². The number of rotatable bonds is 4. The third-order valence-corrected chi connectivity index (χ3v) is 5.72. The Labute approximate surface area is 164 Å². The van der Waals surface area contributed by atoms with Gasteiger partial charge in [0.15, 0.2) is 0 Å². The van der Waals surface area contributed by atoms with Crippen LogP contribution < -0.4 is 0 Å². The molecular weight excluding hydrogens is 524 g/mol. The van der Waals surface area contributed by atoms with Crippen molar-refractivity contribution in [2.24, 2.45) is 0 Å². The summed E-state index contributed by atoms with van der Waals surface area (Å²) in [5.74, 6) is -7.35. The van der Waals surface area contributed by atoms with Gasteiger partial charge in [-0.05, 0) is 27.2 Å².